The van der Waals surface area contributed by atoms with Gasteiger partial charge in [-0.1, -0.05) is 5.16 Å². The van der Waals surface area contributed by atoms with Gasteiger partial charge in [0.05, 0.1) is 17.0 Å². The van der Waals surface area contributed by atoms with E-state index < -0.39 is 28.6 Å². The molecule has 0 saturated carbocycles. The molecule has 5 heterocycles. The normalized spacial score (nSPS) is 18.5. The quantitative estimate of drug-likeness (QED) is 0.0532. The number of ketones is 1. The summed E-state index contributed by atoms with van der Waals surface area (Å²) >= 11 is 2.56. The fourth-order valence-electron chi connectivity index (χ4n) is 5.14. The van der Waals surface area contributed by atoms with Crippen LogP contribution in [0.25, 0.3) is 16.5 Å². The van der Waals surface area contributed by atoms with Crippen molar-refractivity contribution in [2.24, 2.45) is 11.1 Å². The third kappa shape index (κ3) is 5.60. The molecule has 1 aromatic carbocycles. The molecule has 46 heavy (non-hydrogen) atoms. The predicted octanol–water partition coefficient (Wildman–Crippen LogP) is 1.58. The number of aliphatic carboxylic acids is 1. The van der Waals surface area contributed by atoms with Crippen molar-refractivity contribution in [2.45, 2.75) is 44.7 Å². The summed E-state index contributed by atoms with van der Waals surface area (Å²) in [6.07, 6.45) is 1.62. The lowest BCUT2D eigenvalue weighted by molar-refractivity contribution is -0.693. The van der Waals surface area contributed by atoms with Crippen molar-refractivity contribution in [1.29, 1.82) is 0 Å². The van der Waals surface area contributed by atoms with E-state index >= 15 is 0 Å². The molecule has 3 aromatic heterocycles. The molecule has 2 aliphatic rings. The third-order valence-electron chi connectivity index (χ3n) is 7.68. The van der Waals surface area contributed by atoms with E-state index in [0.29, 0.717) is 23.4 Å². The van der Waals surface area contributed by atoms with Crippen molar-refractivity contribution in [3.63, 3.8) is 0 Å². The SMILES string of the molecule is Cc1cc2cc(O)c(O)cc2c[n+]1CC1=C(c2nn[nH]n2)N2C(=O)[C@@H](CC(=O)/C(=N\OC(C)(C)C(=O)O)c3csc(N)n3)[C@H]2SC1. The number of aromatic amines is 1. The number of anilines is 1. The summed E-state index contributed by atoms with van der Waals surface area (Å²) in [6, 6.07) is 4.85. The van der Waals surface area contributed by atoms with Gasteiger partial charge in [0.1, 0.15) is 5.69 Å². The van der Waals surface area contributed by atoms with E-state index in [1.165, 1.54) is 43.1 Å². The highest BCUT2D eigenvalue weighted by Crippen LogP contribution is 2.47. The second kappa shape index (κ2) is 11.7. The molecule has 18 heteroatoms. The summed E-state index contributed by atoms with van der Waals surface area (Å²) in [7, 11) is 0. The third-order valence-corrected chi connectivity index (χ3v) is 9.75. The van der Waals surface area contributed by atoms with E-state index in [-0.39, 0.29) is 46.2 Å². The molecule has 0 spiro atoms. The Labute approximate surface area is 268 Å². The molecule has 0 aliphatic carbocycles. The Bertz CT molecular complexity index is 1960. The van der Waals surface area contributed by atoms with E-state index in [9.17, 15) is 29.7 Å². The molecule has 0 unspecified atom stereocenters. The van der Waals surface area contributed by atoms with Crippen LogP contribution in [0.5, 0.6) is 11.5 Å². The smallest absolute Gasteiger partial charge is 0.350 e. The van der Waals surface area contributed by atoms with Crippen molar-refractivity contribution in [1.82, 2.24) is 30.5 Å². The number of thioether (sulfide) groups is 1. The molecule has 2 aliphatic heterocycles. The number of carbonyl (C=O) groups excluding carboxylic acids is 2. The summed E-state index contributed by atoms with van der Waals surface area (Å²) in [6.45, 7) is 4.85. The molecule has 4 aromatic rings. The first-order valence-electron chi connectivity index (χ1n) is 13.8. The highest BCUT2D eigenvalue weighted by atomic mass is 32.2. The molecule has 1 saturated heterocycles. The highest BCUT2D eigenvalue weighted by molar-refractivity contribution is 8.00. The number of benzene rings is 1. The topological polar surface area (TPSA) is 234 Å². The number of nitrogens with zero attached hydrogens (tertiary/aromatic N) is 7. The summed E-state index contributed by atoms with van der Waals surface area (Å²) in [5.41, 5.74) is 6.12. The van der Waals surface area contributed by atoms with Gasteiger partial charge in [-0.05, 0) is 36.6 Å². The molecular formula is C28H28N9O7S2+. The van der Waals surface area contributed by atoms with Gasteiger partial charge in [0, 0.05) is 41.5 Å². The number of amides is 1. The zero-order valence-electron chi connectivity index (χ0n) is 24.7. The van der Waals surface area contributed by atoms with Gasteiger partial charge in [-0.25, -0.2) is 9.78 Å². The van der Waals surface area contributed by atoms with Gasteiger partial charge in [0.15, 0.2) is 46.6 Å². The number of aromatic nitrogens is 6. The number of phenols is 2. The number of nitrogen functional groups attached to an aromatic ring is 1. The summed E-state index contributed by atoms with van der Waals surface area (Å²) < 4.78 is 1.96. The van der Waals surface area contributed by atoms with Crippen LogP contribution in [0.3, 0.4) is 0 Å². The van der Waals surface area contributed by atoms with Crippen LogP contribution in [0.15, 0.2) is 40.5 Å². The van der Waals surface area contributed by atoms with Crippen molar-refractivity contribution in [3.8, 4) is 11.5 Å². The average molecular weight is 667 g/mol. The van der Waals surface area contributed by atoms with Gasteiger partial charge in [-0.15, -0.1) is 33.3 Å². The molecule has 16 nitrogen and oxygen atoms in total. The number of β-lactam (4-membered cyclic amide) rings is 1. The summed E-state index contributed by atoms with van der Waals surface area (Å²) in [5, 5.41) is 50.4. The van der Waals surface area contributed by atoms with Gasteiger partial charge in [0.2, 0.25) is 17.3 Å². The number of aryl methyl sites for hydroxylation is 1. The van der Waals surface area contributed by atoms with E-state index in [4.69, 9.17) is 10.6 Å². The Hall–Kier alpha value is -5.10. The fraction of sp³-hybridized carbons (Fsp3) is 0.321. The number of tetrazole rings is 1. The van der Waals surface area contributed by atoms with Crippen LogP contribution >= 0.6 is 23.1 Å². The number of fused-ring (bicyclic) bond motifs is 2. The van der Waals surface area contributed by atoms with Crippen LogP contribution in [-0.2, 0) is 25.8 Å². The summed E-state index contributed by atoms with van der Waals surface area (Å²) in [4.78, 5) is 49.7. The number of thiazole rings is 1. The zero-order chi connectivity index (χ0) is 32.9. The molecule has 0 bridgehead atoms. The maximum atomic E-state index is 13.7. The molecule has 6 N–H and O–H groups in total. The minimum absolute atomic E-state index is 0.120. The lowest BCUT2D eigenvalue weighted by Gasteiger charge is -2.49. The van der Waals surface area contributed by atoms with Crippen molar-refractivity contribution in [2.75, 3.05) is 11.5 Å². The zero-order valence-corrected chi connectivity index (χ0v) is 26.3. The van der Waals surface area contributed by atoms with Crippen LogP contribution in [0.4, 0.5) is 5.13 Å². The Morgan fingerprint density at radius 3 is 2.63 bits per heavy atom. The van der Waals surface area contributed by atoms with Gasteiger partial charge in [0.25, 0.3) is 0 Å². The maximum Gasteiger partial charge on any atom is 0.350 e. The van der Waals surface area contributed by atoms with Gasteiger partial charge in [-0.2, -0.15) is 9.78 Å². The van der Waals surface area contributed by atoms with Crippen LogP contribution in [-0.4, -0.2) is 85.9 Å². The molecule has 238 valence electrons. The second-order valence-corrected chi connectivity index (χ2v) is 13.3. The lowest BCUT2D eigenvalue weighted by atomic mass is 9.89. The van der Waals surface area contributed by atoms with Crippen LogP contribution in [0, 0.1) is 12.8 Å². The fourth-order valence-corrected chi connectivity index (χ4v) is 7.10. The molecule has 0 radical (unpaired) electrons. The average Bonchev–Trinajstić information content (AvgIpc) is 3.69. The first-order chi connectivity index (χ1) is 21.8. The largest absolute Gasteiger partial charge is 0.504 e. The Morgan fingerprint density at radius 2 is 1.98 bits per heavy atom. The number of carboxylic acid groups (broad SMARTS) is 1. The van der Waals surface area contributed by atoms with Crippen LogP contribution in [0.2, 0.25) is 0 Å². The van der Waals surface area contributed by atoms with Crippen molar-refractivity contribution in [3.05, 3.63) is 52.6 Å². The highest BCUT2D eigenvalue weighted by Gasteiger charge is 2.54. The van der Waals surface area contributed by atoms with Crippen molar-refractivity contribution >= 4 is 68.1 Å². The van der Waals surface area contributed by atoms with Gasteiger partial charge < -0.3 is 25.9 Å². The predicted molar refractivity (Wildman–Crippen MR) is 165 cm³/mol. The second-order valence-electron chi connectivity index (χ2n) is 11.3. The van der Waals surface area contributed by atoms with Gasteiger partial charge in [-0.3, -0.25) is 14.5 Å². The minimum atomic E-state index is -1.72. The number of nitrogens with two attached hydrogens (primary N) is 1. The number of nitrogens with one attached hydrogen (secondary N) is 1. The first-order valence-corrected chi connectivity index (χ1v) is 15.8. The first kappa shape index (κ1) is 30.9. The molecule has 6 rings (SSSR count). The number of phenolic OH excluding ortho intramolecular Hbond substituents is 2. The number of rotatable bonds is 10. The number of H-pyrrole nitrogens is 1. The number of oxime groups is 1. The number of carboxylic acids is 1. The maximum absolute atomic E-state index is 13.7. The Kier molecular flexibility index (Phi) is 7.85. The van der Waals surface area contributed by atoms with E-state index in [1.807, 2.05) is 23.8 Å². The molecule has 1 fully saturated rings. The van der Waals surface area contributed by atoms with Crippen LogP contribution in [0.1, 0.15) is 37.5 Å². The molecule has 1 amide bonds. The van der Waals surface area contributed by atoms with Gasteiger partial charge >= 0.3 is 5.97 Å². The van der Waals surface area contributed by atoms with E-state index in [1.54, 1.807) is 4.90 Å². The molecular weight excluding hydrogens is 638 g/mol. The Balaban J connectivity index is 1.28. The lowest BCUT2D eigenvalue weighted by Crippen LogP contribution is -2.61. The van der Waals surface area contributed by atoms with E-state index in [0.717, 1.165) is 28.0 Å². The number of pyridine rings is 1. The number of hydrogen-bond donors (Lipinski definition) is 5. The van der Waals surface area contributed by atoms with Crippen molar-refractivity contribution < 1.29 is 39.1 Å². The van der Waals surface area contributed by atoms with Crippen LogP contribution < -0.4 is 10.3 Å². The minimum Gasteiger partial charge on any atom is -0.504 e. The monoisotopic (exact) mass is 666 g/mol. The summed E-state index contributed by atoms with van der Waals surface area (Å²) in [5.74, 6) is -2.63. The number of Topliss-reactive ketones (excluding diaryl/α,β-unsaturated/α-hetero) is 1. The number of hydrogen-bond acceptors (Lipinski definition) is 14. The number of carbonyl (C=O) groups is 3. The Morgan fingerprint density at radius 1 is 1.24 bits per heavy atom. The molecule has 2 atom stereocenters. The standard InChI is InChI=1S/C28H27N9O7S2/c1-12-4-13-5-18(38)19(39)6-14(13)8-36(12)9-15-10-45-25-16(24(41)37(25)22(15)23-31-34-35-32-23)7-20(40)21(17-11-46-27(29)30-17)33-44-28(2,3)26(42)43/h4-6,8,11,16,25H,7,9-10H2,1-3H3,(H5,29,30,31,32,34,35,39,42,43)/p+1/b33-21-/t16-,25-/m1/s1. The van der Waals surface area contributed by atoms with E-state index in [2.05, 4.69) is 30.8 Å². The number of aromatic hydroxyl groups is 2.